The summed E-state index contributed by atoms with van der Waals surface area (Å²) in [5.41, 5.74) is 4.50. The molecule has 2 aromatic rings. The van der Waals surface area contributed by atoms with E-state index in [-0.39, 0.29) is 10.9 Å². The summed E-state index contributed by atoms with van der Waals surface area (Å²) in [7, 11) is -1.68. The molecule has 0 saturated carbocycles. The van der Waals surface area contributed by atoms with Gasteiger partial charge in [-0.1, -0.05) is 32.9 Å². The van der Waals surface area contributed by atoms with Crippen LogP contribution in [0.1, 0.15) is 37.5 Å². The number of nitrogens with one attached hydrogen (secondary N) is 1. The van der Waals surface area contributed by atoms with Gasteiger partial charge in [0, 0.05) is 18.0 Å². The Morgan fingerprint density at radius 2 is 1.50 bits per heavy atom. The van der Waals surface area contributed by atoms with Gasteiger partial charge >= 0.3 is 0 Å². The van der Waals surface area contributed by atoms with Gasteiger partial charge in [-0.2, -0.15) is 0 Å². The normalized spacial score (nSPS) is 12.3. The van der Waals surface area contributed by atoms with Crippen molar-refractivity contribution in [1.29, 1.82) is 0 Å². The summed E-state index contributed by atoms with van der Waals surface area (Å²) in [5, 5.41) is 3.59. The highest BCUT2D eigenvalue weighted by Gasteiger charge is 2.36. The Balaban J connectivity index is 1.94. The second-order valence-corrected chi connectivity index (χ2v) is 13.4. The average molecular weight is 374 g/mol. The van der Waals surface area contributed by atoms with Gasteiger partial charge in [-0.3, -0.25) is 0 Å². The summed E-state index contributed by atoms with van der Waals surface area (Å²) in [6, 6.07) is 12.1. The summed E-state index contributed by atoms with van der Waals surface area (Å²) >= 11 is 0. The van der Waals surface area contributed by atoms with Crippen molar-refractivity contribution in [3.63, 3.8) is 0 Å². The van der Waals surface area contributed by atoms with Crippen molar-refractivity contribution in [2.24, 2.45) is 0 Å². The molecule has 0 amide bonds. The minimum Gasteiger partial charge on any atom is -0.416 e. The molecule has 0 aromatic heterocycles. The molecule has 0 atom stereocenters. The Labute approximate surface area is 158 Å². The van der Waals surface area contributed by atoms with Crippen LogP contribution in [-0.2, 0) is 10.8 Å². The molecule has 0 aliphatic rings. The maximum absolute atomic E-state index is 13.7. The van der Waals surface area contributed by atoms with Crippen molar-refractivity contribution in [2.45, 2.75) is 59.2 Å². The molecule has 0 aliphatic heterocycles. The molecule has 0 saturated heterocycles. The lowest BCUT2D eigenvalue weighted by Crippen LogP contribution is -2.41. The van der Waals surface area contributed by atoms with E-state index in [0.717, 1.165) is 24.4 Å². The lowest BCUT2D eigenvalue weighted by Gasteiger charge is -2.36. The number of benzene rings is 2. The van der Waals surface area contributed by atoms with E-state index in [9.17, 15) is 4.39 Å². The van der Waals surface area contributed by atoms with Crippen LogP contribution >= 0.6 is 0 Å². The van der Waals surface area contributed by atoms with Gasteiger partial charge in [0.15, 0.2) is 8.32 Å². The first-order valence-electron chi connectivity index (χ1n) is 9.26. The predicted molar refractivity (Wildman–Crippen MR) is 112 cm³/mol. The fourth-order valence-electron chi connectivity index (χ4n) is 2.58. The number of anilines is 2. The Kier molecular flexibility index (Phi) is 6.30. The van der Waals surface area contributed by atoms with E-state index < -0.39 is 8.32 Å². The van der Waals surface area contributed by atoms with Gasteiger partial charge in [-0.05, 0) is 79.4 Å². The number of rotatable bonds is 6. The largest absolute Gasteiger partial charge is 0.416 e. The zero-order valence-electron chi connectivity index (χ0n) is 17.2. The minimum atomic E-state index is -1.68. The first-order valence-corrected chi connectivity index (χ1v) is 12.2. The molecule has 0 radical (unpaired) electrons. The number of hydrogen-bond acceptors (Lipinski definition) is 2. The molecule has 26 heavy (non-hydrogen) atoms. The SMILES string of the molecule is Cc1cc(Nc2ccc(CCO[Si](C)(C)C(C)(C)C)cc2)cc(C)c1F. The molecule has 0 spiro atoms. The molecule has 2 nitrogen and oxygen atoms in total. The third kappa shape index (κ3) is 5.18. The molecular weight excluding hydrogens is 341 g/mol. The lowest BCUT2D eigenvalue weighted by atomic mass is 10.1. The molecule has 0 aliphatic carbocycles. The van der Waals surface area contributed by atoms with Crippen molar-refractivity contribution >= 4 is 19.7 Å². The van der Waals surface area contributed by atoms with E-state index >= 15 is 0 Å². The van der Waals surface area contributed by atoms with E-state index in [0.29, 0.717) is 11.1 Å². The number of halogens is 1. The zero-order chi connectivity index (χ0) is 19.5. The maximum Gasteiger partial charge on any atom is 0.191 e. The van der Waals surface area contributed by atoms with Crippen LogP contribution in [0.4, 0.5) is 15.8 Å². The van der Waals surface area contributed by atoms with Crippen LogP contribution < -0.4 is 5.32 Å². The highest BCUT2D eigenvalue weighted by atomic mass is 28.4. The van der Waals surface area contributed by atoms with Crippen LogP contribution in [0.25, 0.3) is 0 Å². The van der Waals surface area contributed by atoms with Gasteiger partial charge in [0.2, 0.25) is 0 Å². The van der Waals surface area contributed by atoms with E-state index in [1.54, 1.807) is 13.8 Å². The third-order valence-corrected chi connectivity index (χ3v) is 9.88. The quantitative estimate of drug-likeness (QED) is 0.565. The summed E-state index contributed by atoms with van der Waals surface area (Å²) in [6.07, 6.45) is 0.918. The number of hydrogen-bond donors (Lipinski definition) is 1. The Bertz CT molecular complexity index is 725. The van der Waals surface area contributed by atoms with Gasteiger partial charge in [-0.25, -0.2) is 4.39 Å². The lowest BCUT2D eigenvalue weighted by molar-refractivity contribution is 0.292. The van der Waals surface area contributed by atoms with Crippen LogP contribution in [-0.4, -0.2) is 14.9 Å². The van der Waals surface area contributed by atoms with Crippen molar-refractivity contribution in [3.05, 3.63) is 58.9 Å². The average Bonchev–Trinajstić information content (AvgIpc) is 2.53. The molecule has 0 heterocycles. The molecule has 0 fully saturated rings. The molecule has 2 aromatic carbocycles. The first-order chi connectivity index (χ1) is 12.0. The minimum absolute atomic E-state index is 0.132. The highest BCUT2D eigenvalue weighted by Crippen LogP contribution is 2.36. The molecule has 0 unspecified atom stereocenters. The fraction of sp³-hybridized carbons (Fsp3) is 0.455. The topological polar surface area (TPSA) is 21.3 Å². The first kappa shape index (κ1) is 20.7. The second-order valence-electron chi connectivity index (χ2n) is 8.60. The summed E-state index contributed by atoms with van der Waals surface area (Å²) < 4.78 is 20.0. The second kappa shape index (κ2) is 7.93. The van der Waals surface area contributed by atoms with E-state index in [1.807, 2.05) is 12.1 Å². The highest BCUT2D eigenvalue weighted by molar-refractivity contribution is 6.74. The van der Waals surface area contributed by atoms with Crippen LogP contribution in [0.15, 0.2) is 36.4 Å². The van der Waals surface area contributed by atoms with Gasteiger partial charge in [-0.15, -0.1) is 0 Å². The van der Waals surface area contributed by atoms with Gasteiger partial charge in [0.1, 0.15) is 5.82 Å². The van der Waals surface area contributed by atoms with Crippen LogP contribution in [0.2, 0.25) is 18.1 Å². The summed E-state index contributed by atoms with van der Waals surface area (Å²) in [5.74, 6) is -0.132. The van der Waals surface area contributed by atoms with Crippen molar-refractivity contribution in [3.8, 4) is 0 Å². The van der Waals surface area contributed by atoms with Crippen molar-refractivity contribution in [2.75, 3.05) is 11.9 Å². The number of aryl methyl sites for hydroxylation is 2. The molecule has 4 heteroatoms. The standard InChI is InChI=1S/C22H32FNOSi/c1-16-14-20(15-17(2)21(16)23)24-19-10-8-18(9-11-19)12-13-25-26(6,7)22(3,4)5/h8-11,14-15,24H,12-13H2,1-7H3. The van der Waals surface area contributed by atoms with Gasteiger partial charge in [0.25, 0.3) is 0 Å². The van der Waals surface area contributed by atoms with Crippen molar-refractivity contribution < 1.29 is 8.82 Å². The molecule has 2 rings (SSSR count). The van der Waals surface area contributed by atoms with Gasteiger partial charge in [0.05, 0.1) is 0 Å². The third-order valence-electron chi connectivity index (χ3n) is 5.34. The van der Waals surface area contributed by atoms with Crippen molar-refractivity contribution in [1.82, 2.24) is 0 Å². The van der Waals surface area contributed by atoms with Gasteiger partial charge < -0.3 is 9.74 Å². The molecule has 1 N–H and O–H groups in total. The van der Waals surface area contributed by atoms with Crippen LogP contribution in [0.5, 0.6) is 0 Å². The summed E-state index contributed by atoms with van der Waals surface area (Å²) in [6.45, 7) is 15.7. The van der Waals surface area contributed by atoms with E-state index in [2.05, 4.69) is 63.4 Å². The Hall–Kier alpha value is -1.65. The maximum atomic E-state index is 13.7. The Morgan fingerprint density at radius 1 is 0.962 bits per heavy atom. The van der Waals surface area contributed by atoms with Crippen LogP contribution in [0, 0.1) is 19.7 Å². The smallest absolute Gasteiger partial charge is 0.191 e. The van der Waals surface area contributed by atoms with E-state index in [4.69, 9.17) is 4.43 Å². The van der Waals surface area contributed by atoms with Crippen LogP contribution in [0.3, 0.4) is 0 Å². The summed E-state index contributed by atoms with van der Waals surface area (Å²) in [4.78, 5) is 0. The predicted octanol–water partition coefficient (Wildman–Crippen LogP) is 6.75. The fourth-order valence-corrected chi connectivity index (χ4v) is 3.63. The molecule has 142 valence electrons. The Morgan fingerprint density at radius 3 is 2.00 bits per heavy atom. The zero-order valence-corrected chi connectivity index (χ0v) is 18.2. The molecular formula is C22H32FNOSi. The molecule has 0 bridgehead atoms. The monoisotopic (exact) mass is 373 g/mol. The van der Waals surface area contributed by atoms with E-state index in [1.165, 1.54) is 5.56 Å².